The van der Waals surface area contributed by atoms with Crippen molar-refractivity contribution < 1.29 is 8.42 Å². The Labute approximate surface area is 131 Å². The SMILES string of the molecule is CC(C)C(N)CNS(=O)(=O)c1c(Cl)cc(Br)cc1Cl. The Hall–Kier alpha value is 0.150. The Morgan fingerprint density at radius 2 is 1.79 bits per heavy atom. The lowest BCUT2D eigenvalue weighted by Gasteiger charge is -2.17. The first-order chi connectivity index (χ1) is 8.65. The molecule has 0 spiro atoms. The van der Waals surface area contributed by atoms with Gasteiger partial charge in [0.1, 0.15) is 4.90 Å². The van der Waals surface area contributed by atoms with Crippen LogP contribution >= 0.6 is 39.1 Å². The number of sulfonamides is 1. The van der Waals surface area contributed by atoms with Crippen molar-refractivity contribution in [3.63, 3.8) is 0 Å². The summed E-state index contributed by atoms with van der Waals surface area (Å²) in [6.07, 6.45) is 0. The van der Waals surface area contributed by atoms with Crippen LogP contribution in [0, 0.1) is 5.92 Å². The van der Waals surface area contributed by atoms with Crippen LogP contribution < -0.4 is 10.5 Å². The van der Waals surface area contributed by atoms with Crippen molar-refractivity contribution in [3.05, 3.63) is 26.7 Å². The van der Waals surface area contributed by atoms with Crippen LogP contribution in [0.2, 0.25) is 10.0 Å². The highest BCUT2D eigenvalue weighted by molar-refractivity contribution is 9.10. The normalized spacial score (nSPS) is 13.8. The molecule has 0 radical (unpaired) electrons. The Bertz CT molecular complexity index is 541. The van der Waals surface area contributed by atoms with E-state index < -0.39 is 10.0 Å². The van der Waals surface area contributed by atoms with Gasteiger partial charge in [-0.25, -0.2) is 13.1 Å². The van der Waals surface area contributed by atoms with Crippen LogP contribution in [0.3, 0.4) is 0 Å². The molecule has 1 unspecified atom stereocenters. The minimum absolute atomic E-state index is 0.0602. The van der Waals surface area contributed by atoms with Crippen LogP contribution in [0.1, 0.15) is 13.8 Å². The Morgan fingerprint density at radius 1 is 1.32 bits per heavy atom. The third-order valence-electron chi connectivity index (χ3n) is 2.60. The van der Waals surface area contributed by atoms with E-state index in [0.717, 1.165) is 0 Å². The first-order valence-electron chi connectivity index (χ1n) is 5.55. The molecule has 0 aliphatic rings. The lowest BCUT2D eigenvalue weighted by atomic mass is 10.1. The van der Waals surface area contributed by atoms with Crippen molar-refractivity contribution in [1.82, 2.24) is 4.72 Å². The molecule has 0 heterocycles. The Kier molecular flexibility index (Phi) is 6.10. The first-order valence-corrected chi connectivity index (χ1v) is 8.58. The molecule has 8 heteroatoms. The molecule has 1 aromatic rings. The average Bonchev–Trinajstić information content (AvgIpc) is 2.23. The molecule has 0 aliphatic carbocycles. The van der Waals surface area contributed by atoms with Crippen LogP contribution in [0.25, 0.3) is 0 Å². The van der Waals surface area contributed by atoms with Gasteiger partial charge in [-0.05, 0) is 18.1 Å². The van der Waals surface area contributed by atoms with E-state index in [1.54, 1.807) is 0 Å². The maximum absolute atomic E-state index is 12.2. The molecule has 0 saturated heterocycles. The molecule has 1 rings (SSSR count). The van der Waals surface area contributed by atoms with Crippen molar-refractivity contribution in [2.75, 3.05) is 6.54 Å². The zero-order valence-electron chi connectivity index (χ0n) is 10.5. The molecule has 0 fully saturated rings. The maximum Gasteiger partial charge on any atom is 0.243 e. The largest absolute Gasteiger partial charge is 0.326 e. The van der Waals surface area contributed by atoms with E-state index in [1.807, 2.05) is 13.8 Å². The summed E-state index contributed by atoms with van der Waals surface area (Å²) in [6, 6.07) is 2.68. The quantitative estimate of drug-likeness (QED) is 0.812. The average molecular weight is 390 g/mol. The highest BCUT2D eigenvalue weighted by Gasteiger charge is 2.23. The van der Waals surface area contributed by atoms with Crippen LogP contribution in [-0.4, -0.2) is 21.0 Å². The lowest BCUT2D eigenvalue weighted by molar-refractivity contribution is 0.481. The summed E-state index contributed by atoms with van der Waals surface area (Å²) in [7, 11) is -3.78. The van der Waals surface area contributed by atoms with Gasteiger partial charge in [-0.3, -0.25) is 0 Å². The molecule has 0 aromatic heterocycles. The number of nitrogens with one attached hydrogen (secondary N) is 1. The summed E-state index contributed by atoms with van der Waals surface area (Å²) in [4.78, 5) is -0.130. The third kappa shape index (κ3) is 4.58. The van der Waals surface area contributed by atoms with Crippen LogP contribution in [-0.2, 0) is 10.0 Å². The topological polar surface area (TPSA) is 72.2 Å². The van der Waals surface area contributed by atoms with E-state index in [2.05, 4.69) is 20.7 Å². The number of nitrogens with two attached hydrogens (primary N) is 1. The molecule has 4 nitrogen and oxygen atoms in total. The van der Waals surface area contributed by atoms with Crippen molar-refractivity contribution in [1.29, 1.82) is 0 Å². The van der Waals surface area contributed by atoms with Gasteiger partial charge in [-0.1, -0.05) is 53.0 Å². The number of halogens is 3. The molecular weight excluding hydrogens is 375 g/mol. The highest BCUT2D eigenvalue weighted by Crippen LogP contribution is 2.32. The van der Waals surface area contributed by atoms with Gasteiger partial charge >= 0.3 is 0 Å². The van der Waals surface area contributed by atoms with Crippen molar-refractivity contribution >= 4 is 49.2 Å². The number of hydrogen-bond acceptors (Lipinski definition) is 3. The van der Waals surface area contributed by atoms with Gasteiger partial charge in [0.25, 0.3) is 0 Å². The Morgan fingerprint density at radius 3 is 2.21 bits per heavy atom. The zero-order valence-corrected chi connectivity index (χ0v) is 14.4. The van der Waals surface area contributed by atoms with Gasteiger partial charge in [-0.2, -0.15) is 0 Å². The highest BCUT2D eigenvalue weighted by atomic mass is 79.9. The molecule has 0 aliphatic heterocycles. The Balaban J connectivity index is 3.02. The first kappa shape index (κ1) is 17.2. The second kappa shape index (κ2) is 6.74. The van der Waals surface area contributed by atoms with Crippen molar-refractivity contribution in [3.8, 4) is 0 Å². The lowest BCUT2D eigenvalue weighted by Crippen LogP contribution is -2.40. The number of rotatable bonds is 5. The van der Waals surface area contributed by atoms with Gasteiger partial charge in [-0.15, -0.1) is 0 Å². The molecule has 3 N–H and O–H groups in total. The standard InChI is InChI=1S/C11H15BrCl2N2O2S/c1-6(2)10(15)5-16-19(17,18)11-8(13)3-7(12)4-9(11)14/h3-4,6,10,16H,5,15H2,1-2H3. The van der Waals surface area contributed by atoms with Gasteiger partial charge in [0.05, 0.1) is 10.0 Å². The predicted molar refractivity (Wildman–Crippen MR) is 82.2 cm³/mol. The van der Waals surface area contributed by atoms with E-state index in [4.69, 9.17) is 28.9 Å². The van der Waals surface area contributed by atoms with Crippen molar-refractivity contribution in [2.45, 2.75) is 24.8 Å². The summed E-state index contributed by atoms with van der Waals surface area (Å²) < 4.78 is 27.4. The summed E-state index contributed by atoms with van der Waals surface area (Å²) in [6.45, 7) is 3.96. The van der Waals surface area contributed by atoms with Gasteiger partial charge in [0.2, 0.25) is 10.0 Å². The monoisotopic (exact) mass is 388 g/mol. The summed E-state index contributed by atoms with van der Waals surface area (Å²) in [5.74, 6) is 0.165. The molecule has 0 bridgehead atoms. The molecule has 1 atom stereocenters. The molecule has 0 saturated carbocycles. The van der Waals surface area contributed by atoms with Crippen molar-refractivity contribution in [2.24, 2.45) is 11.7 Å². The smallest absolute Gasteiger partial charge is 0.243 e. The van der Waals surface area contributed by atoms with Gasteiger partial charge in [0.15, 0.2) is 0 Å². The van der Waals surface area contributed by atoms with E-state index in [9.17, 15) is 8.42 Å². The third-order valence-corrected chi connectivity index (χ3v) is 5.40. The summed E-state index contributed by atoms with van der Waals surface area (Å²) in [5, 5.41) is 0.120. The fourth-order valence-corrected chi connectivity index (χ4v) is 4.30. The van der Waals surface area contributed by atoms with E-state index in [1.165, 1.54) is 12.1 Å². The van der Waals surface area contributed by atoms with E-state index in [-0.39, 0.29) is 33.4 Å². The van der Waals surface area contributed by atoms with E-state index >= 15 is 0 Å². The number of hydrogen-bond donors (Lipinski definition) is 2. The molecule has 1 aromatic carbocycles. The summed E-state index contributed by atoms with van der Waals surface area (Å²) >= 11 is 15.1. The van der Waals surface area contributed by atoms with E-state index in [0.29, 0.717) is 4.47 Å². The number of benzene rings is 1. The maximum atomic E-state index is 12.2. The molecular formula is C11H15BrCl2N2O2S. The second-order valence-corrected chi connectivity index (χ2v) is 7.89. The predicted octanol–water partition coefficient (Wildman–Crippen LogP) is 3.02. The van der Waals surface area contributed by atoms with Crippen LogP contribution in [0.4, 0.5) is 0 Å². The minimum Gasteiger partial charge on any atom is -0.326 e. The van der Waals surface area contributed by atoms with Gasteiger partial charge in [0, 0.05) is 17.1 Å². The second-order valence-electron chi connectivity index (χ2n) is 4.46. The molecule has 19 heavy (non-hydrogen) atoms. The fourth-order valence-electron chi connectivity index (χ4n) is 1.30. The molecule has 108 valence electrons. The van der Waals surface area contributed by atoms with Crippen LogP contribution in [0.5, 0.6) is 0 Å². The minimum atomic E-state index is -3.78. The van der Waals surface area contributed by atoms with Crippen LogP contribution in [0.15, 0.2) is 21.5 Å². The summed E-state index contributed by atoms with van der Waals surface area (Å²) in [5.41, 5.74) is 5.80. The fraction of sp³-hybridized carbons (Fsp3) is 0.455. The zero-order chi connectivity index (χ0) is 14.8. The molecule has 0 amide bonds. The van der Waals surface area contributed by atoms with Gasteiger partial charge < -0.3 is 5.73 Å².